The summed E-state index contributed by atoms with van der Waals surface area (Å²) in [6.07, 6.45) is 3.47. The number of aromatic amines is 1. The Kier molecular flexibility index (Phi) is 3.96. The van der Waals surface area contributed by atoms with Gasteiger partial charge in [-0.1, -0.05) is 15.9 Å². The first-order valence-corrected chi connectivity index (χ1v) is 6.86. The van der Waals surface area contributed by atoms with Crippen LogP contribution in [0.25, 0.3) is 0 Å². The highest BCUT2D eigenvalue weighted by Gasteiger charge is 2.23. The van der Waals surface area contributed by atoms with Crippen molar-refractivity contribution in [3.8, 4) is 5.75 Å². The molecule has 0 radical (unpaired) electrons. The van der Waals surface area contributed by atoms with Crippen molar-refractivity contribution in [1.82, 2.24) is 9.97 Å². The molecular formula is C14H18BrN3O. The van der Waals surface area contributed by atoms with Crippen LogP contribution >= 0.6 is 15.9 Å². The first-order chi connectivity index (χ1) is 8.99. The van der Waals surface area contributed by atoms with Crippen LogP contribution in [0.3, 0.4) is 0 Å². The minimum absolute atomic E-state index is 0.333. The molecule has 0 spiro atoms. The smallest absolute Gasteiger partial charge is 0.127 e. The molecule has 19 heavy (non-hydrogen) atoms. The SMILES string of the molecule is COc1c(C)c(C)c(Br)c(C)c1C(N)c1ncc[nH]1. The third-order valence-corrected chi connectivity index (χ3v) is 4.73. The van der Waals surface area contributed by atoms with E-state index in [2.05, 4.69) is 32.8 Å². The monoisotopic (exact) mass is 323 g/mol. The minimum Gasteiger partial charge on any atom is -0.496 e. The van der Waals surface area contributed by atoms with Gasteiger partial charge < -0.3 is 15.5 Å². The molecule has 2 rings (SSSR count). The van der Waals surface area contributed by atoms with Gasteiger partial charge in [0.05, 0.1) is 13.2 Å². The summed E-state index contributed by atoms with van der Waals surface area (Å²) >= 11 is 3.63. The van der Waals surface area contributed by atoms with Gasteiger partial charge in [0.1, 0.15) is 11.6 Å². The van der Waals surface area contributed by atoms with Crippen molar-refractivity contribution in [3.63, 3.8) is 0 Å². The van der Waals surface area contributed by atoms with E-state index >= 15 is 0 Å². The lowest BCUT2D eigenvalue weighted by molar-refractivity contribution is 0.403. The number of aromatic nitrogens is 2. The average molecular weight is 324 g/mol. The molecule has 0 fully saturated rings. The first-order valence-electron chi connectivity index (χ1n) is 6.07. The highest BCUT2D eigenvalue weighted by molar-refractivity contribution is 9.10. The van der Waals surface area contributed by atoms with E-state index in [0.29, 0.717) is 0 Å². The van der Waals surface area contributed by atoms with Crippen LogP contribution in [0.2, 0.25) is 0 Å². The fourth-order valence-corrected chi connectivity index (χ4v) is 2.84. The number of rotatable bonds is 3. The van der Waals surface area contributed by atoms with Crippen molar-refractivity contribution in [2.24, 2.45) is 5.73 Å². The fraction of sp³-hybridized carbons (Fsp3) is 0.357. The summed E-state index contributed by atoms with van der Waals surface area (Å²) in [4.78, 5) is 7.30. The molecule has 1 heterocycles. The largest absolute Gasteiger partial charge is 0.496 e. The maximum Gasteiger partial charge on any atom is 0.127 e. The number of nitrogens with two attached hydrogens (primary N) is 1. The summed E-state index contributed by atoms with van der Waals surface area (Å²) in [7, 11) is 1.67. The number of halogens is 1. The molecule has 0 aliphatic rings. The Hall–Kier alpha value is -1.33. The number of nitrogens with one attached hydrogen (secondary N) is 1. The van der Waals surface area contributed by atoms with Crippen molar-refractivity contribution < 1.29 is 4.74 Å². The van der Waals surface area contributed by atoms with Crippen LogP contribution in [0.5, 0.6) is 5.75 Å². The van der Waals surface area contributed by atoms with E-state index in [4.69, 9.17) is 10.5 Å². The van der Waals surface area contributed by atoms with Gasteiger partial charge in [-0.3, -0.25) is 0 Å². The number of methoxy groups -OCH3 is 1. The van der Waals surface area contributed by atoms with E-state index in [9.17, 15) is 0 Å². The molecule has 2 aromatic rings. The lowest BCUT2D eigenvalue weighted by atomic mass is 9.94. The van der Waals surface area contributed by atoms with E-state index in [1.54, 1.807) is 19.5 Å². The summed E-state index contributed by atoms with van der Waals surface area (Å²) in [5, 5.41) is 0. The number of H-pyrrole nitrogens is 1. The molecular weight excluding hydrogens is 306 g/mol. The number of ether oxygens (including phenoxy) is 1. The standard InChI is InChI=1S/C14H18BrN3O/c1-7-8(2)13(19-4)10(9(3)11(7)15)12(16)14-17-5-6-18-14/h5-6,12H,16H2,1-4H3,(H,17,18). The number of hydrogen-bond donors (Lipinski definition) is 2. The van der Waals surface area contributed by atoms with Crippen LogP contribution in [0.1, 0.15) is 34.1 Å². The predicted molar refractivity (Wildman–Crippen MR) is 79.5 cm³/mol. The zero-order valence-electron chi connectivity index (χ0n) is 11.5. The molecule has 102 valence electrons. The summed E-state index contributed by atoms with van der Waals surface area (Å²) < 4.78 is 6.64. The summed E-state index contributed by atoms with van der Waals surface area (Å²) in [6.45, 7) is 6.14. The molecule has 0 saturated carbocycles. The second kappa shape index (κ2) is 5.35. The topological polar surface area (TPSA) is 63.9 Å². The Balaban J connectivity index is 2.68. The van der Waals surface area contributed by atoms with Crippen molar-refractivity contribution in [2.45, 2.75) is 26.8 Å². The normalized spacial score (nSPS) is 12.5. The van der Waals surface area contributed by atoms with Crippen LogP contribution in [-0.2, 0) is 0 Å². The maximum absolute atomic E-state index is 6.33. The second-order valence-corrected chi connectivity index (χ2v) is 5.38. The van der Waals surface area contributed by atoms with Crippen LogP contribution < -0.4 is 10.5 Å². The van der Waals surface area contributed by atoms with E-state index in [0.717, 1.165) is 32.7 Å². The highest BCUT2D eigenvalue weighted by Crippen LogP contribution is 2.39. The lowest BCUT2D eigenvalue weighted by Crippen LogP contribution is -2.17. The van der Waals surface area contributed by atoms with Gasteiger partial charge in [-0.25, -0.2) is 4.98 Å². The molecule has 0 aliphatic heterocycles. The average Bonchev–Trinajstić information content (AvgIpc) is 2.93. The Labute approximate surface area is 121 Å². The molecule has 1 aromatic heterocycles. The summed E-state index contributed by atoms with van der Waals surface area (Å²) in [6, 6.07) is -0.333. The van der Waals surface area contributed by atoms with Gasteiger partial charge >= 0.3 is 0 Å². The zero-order chi connectivity index (χ0) is 14.2. The minimum atomic E-state index is -0.333. The third-order valence-electron chi connectivity index (χ3n) is 3.54. The van der Waals surface area contributed by atoms with E-state index in [-0.39, 0.29) is 6.04 Å². The van der Waals surface area contributed by atoms with Gasteiger partial charge in [0.15, 0.2) is 0 Å². The maximum atomic E-state index is 6.33. The quantitative estimate of drug-likeness (QED) is 0.911. The molecule has 1 aromatic carbocycles. The Morgan fingerprint density at radius 3 is 2.47 bits per heavy atom. The Morgan fingerprint density at radius 2 is 1.95 bits per heavy atom. The van der Waals surface area contributed by atoms with E-state index in [1.807, 2.05) is 13.8 Å². The number of imidazole rings is 1. The van der Waals surface area contributed by atoms with Gasteiger partial charge in [0, 0.05) is 22.4 Å². The second-order valence-electron chi connectivity index (χ2n) is 4.59. The van der Waals surface area contributed by atoms with E-state index < -0.39 is 0 Å². The molecule has 0 aliphatic carbocycles. The third kappa shape index (κ3) is 2.28. The van der Waals surface area contributed by atoms with Gasteiger partial charge in [-0.05, 0) is 37.5 Å². The zero-order valence-corrected chi connectivity index (χ0v) is 13.1. The molecule has 4 nitrogen and oxygen atoms in total. The molecule has 0 saturated heterocycles. The van der Waals surface area contributed by atoms with Gasteiger partial charge in [0.2, 0.25) is 0 Å². The fourth-order valence-electron chi connectivity index (χ4n) is 2.33. The van der Waals surface area contributed by atoms with Crippen molar-refractivity contribution in [1.29, 1.82) is 0 Å². The summed E-state index contributed by atoms with van der Waals surface area (Å²) in [5.74, 6) is 1.57. The van der Waals surface area contributed by atoms with Crippen LogP contribution in [-0.4, -0.2) is 17.1 Å². The van der Waals surface area contributed by atoms with Gasteiger partial charge in [-0.15, -0.1) is 0 Å². The van der Waals surface area contributed by atoms with Crippen LogP contribution in [0.15, 0.2) is 16.9 Å². The number of nitrogens with zero attached hydrogens (tertiary/aromatic N) is 1. The first kappa shape index (κ1) is 14.1. The van der Waals surface area contributed by atoms with Gasteiger partial charge in [-0.2, -0.15) is 0 Å². The molecule has 1 atom stereocenters. The van der Waals surface area contributed by atoms with E-state index in [1.165, 1.54) is 5.56 Å². The molecule has 0 amide bonds. The predicted octanol–water partition coefficient (Wildman–Crippen LogP) is 3.15. The molecule has 5 heteroatoms. The summed E-state index contributed by atoms with van der Waals surface area (Å²) in [5.41, 5.74) is 10.6. The van der Waals surface area contributed by atoms with Crippen LogP contribution in [0, 0.1) is 20.8 Å². The Morgan fingerprint density at radius 1 is 1.26 bits per heavy atom. The molecule has 3 N–H and O–H groups in total. The number of benzene rings is 1. The molecule has 0 bridgehead atoms. The van der Waals surface area contributed by atoms with Crippen LogP contribution in [0.4, 0.5) is 0 Å². The highest BCUT2D eigenvalue weighted by atomic mass is 79.9. The van der Waals surface area contributed by atoms with Gasteiger partial charge in [0.25, 0.3) is 0 Å². The lowest BCUT2D eigenvalue weighted by Gasteiger charge is -2.22. The van der Waals surface area contributed by atoms with Crippen molar-refractivity contribution in [3.05, 3.63) is 44.9 Å². The number of hydrogen-bond acceptors (Lipinski definition) is 3. The molecule has 1 unspecified atom stereocenters. The Bertz CT molecular complexity index is 593. The van der Waals surface area contributed by atoms with Crippen molar-refractivity contribution in [2.75, 3.05) is 7.11 Å². The van der Waals surface area contributed by atoms with Crippen molar-refractivity contribution >= 4 is 15.9 Å².